The first kappa shape index (κ1) is 10.5. The fourth-order valence-electron chi connectivity index (χ4n) is 3.10. The summed E-state index contributed by atoms with van der Waals surface area (Å²) in [4.78, 5) is 3.97. The summed E-state index contributed by atoms with van der Waals surface area (Å²) >= 11 is 6.12. The summed E-state index contributed by atoms with van der Waals surface area (Å²) in [5.41, 5.74) is 0.0690. The van der Waals surface area contributed by atoms with Gasteiger partial charge < -0.3 is 10.4 Å². The first-order chi connectivity index (χ1) is 7.67. The Bertz CT molecular complexity index is 398. The Morgan fingerprint density at radius 2 is 2.06 bits per heavy atom. The molecule has 2 aliphatic heterocycles. The lowest BCUT2D eigenvalue weighted by atomic mass is 9.82. The Morgan fingerprint density at radius 3 is 2.69 bits per heavy atom. The molecule has 0 amide bonds. The van der Waals surface area contributed by atoms with E-state index in [1.165, 1.54) is 0 Å². The average molecular weight is 239 g/mol. The largest absolute Gasteiger partial charge is 0.385 e. The summed E-state index contributed by atoms with van der Waals surface area (Å²) in [6, 6.07) is 2.72. The third-order valence-electron chi connectivity index (χ3n) is 3.78. The Kier molecular flexibility index (Phi) is 2.42. The molecule has 86 valence electrons. The maximum Gasteiger partial charge on any atom is 0.0941 e. The zero-order chi connectivity index (χ0) is 11.2. The van der Waals surface area contributed by atoms with Gasteiger partial charge in [-0.05, 0) is 31.7 Å². The zero-order valence-corrected chi connectivity index (χ0v) is 9.74. The number of fused-ring (bicyclic) bond motifs is 2. The Hall–Kier alpha value is -0.640. The molecule has 3 heterocycles. The Balaban J connectivity index is 1.96. The molecule has 2 fully saturated rings. The van der Waals surface area contributed by atoms with Gasteiger partial charge in [-0.15, -0.1) is 0 Å². The van der Waals surface area contributed by atoms with Crippen molar-refractivity contribution in [3.8, 4) is 0 Å². The van der Waals surface area contributed by atoms with E-state index in [9.17, 15) is 5.11 Å². The highest BCUT2D eigenvalue weighted by Gasteiger charge is 2.44. The van der Waals surface area contributed by atoms with Gasteiger partial charge in [-0.25, -0.2) is 0 Å². The Labute approximate surface area is 99.8 Å². The van der Waals surface area contributed by atoms with Gasteiger partial charge in [0, 0.05) is 30.0 Å². The van der Waals surface area contributed by atoms with E-state index < -0.39 is 5.60 Å². The van der Waals surface area contributed by atoms with Crippen molar-refractivity contribution < 1.29 is 5.11 Å². The summed E-state index contributed by atoms with van der Waals surface area (Å²) in [5.74, 6) is 0. The molecule has 0 spiro atoms. The molecular formula is C12H15ClN2O. The van der Waals surface area contributed by atoms with Crippen LogP contribution in [0.2, 0.25) is 5.02 Å². The molecule has 2 saturated heterocycles. The standard InChI is InChI=1S/C12H15ClN2O/c13-11-7-14-4-3-10(11)12(16)5-8-1-2-9(6-12)15-8/h3-4,7-9,15-16H,1-2,5-6H2. The molecule has 16 heavy (non-hydrogen) atoms. The summed E-state index contributed by atoms with van der Waals surface area (Å²) in [6.07, 6.45) is 7.15. The SMILES string of the molecule is OC1(c2ccncc2Cl)CC2CCC(C1)N2. The molecule has 2 N–H and O–H groups in total. The maximum absolute atomic E-state index is 10.8. The predicted molar refractivity (Wildman–Crippen MR) is 62.3 cm³/mol. The number of aromatic nitrogens is 1. The second-order valence-electron chi connectivity index (χ2n) is 4.93. The third kappa shape index (κ3) is 1.63. The van der Waals surface area contributed by atoms with Crippen LogP contribution in [-0.2, 0) is 5.60 Å². The molecule has 0 radical (unpaired) electrons. The molecule has 3 rings (SSSR count). The van der Waals surface area contributed by atoms with Gasteiger partial charge in [-0.1, -0.05) is 11.6 Å². The van der Waals surface area contributed by atoms with E-state index in [1.54, 1.807) is 12.4 Å². The molecule has 0 saturated carbocycles. The van der Waals surface area contributed by atoms with Gasteiger partial charge in [0.15, 0.2) is 0 Å². The molecule has 2 atom stereocenters. The van der Waals surface area contributed by atoms with Crippen molar-refractivity contribution in [3.05, 3.63) is 29.0 Å². The fourth-order valence-corrected chi connectivity index (χ4v) is 3.39. The molecule has 1 aromatic heterocycles. The first-order valence-electron chi connectivity index (χ1n) is 5.76. The summed E-state index contributed by atoms with van der Waals surface area (Å²) in [6.45, 7) is 0. The van der Waals surface area contributed by atoms with Gasteiger partial charge in [0.2, 0.25) is 0 Å². The lowest BCUT2D eigenvalue weighted by Crippen LogP contribution is -2.46. The number of nitrogens with one attached hydrogen (secondary N) is 1. The van der Waals surface area contributed by atoms with Crippen molar-refractivity contribution in [1.82, 2.24) is 10.3 Å². The lowest BCUT2D eigenvalue weighted by Gasteiger charge is -2.37. The topological polar surface area (TPSA) is 45.2 Å². The van der Waals surface area contributed by atoms with Gasteiger partial charge in [-0.2, -0.15) is 0 Å². The van der Waals surface area contributed by atoms with Crippen LogP contribution in [0.3, 0.4) is 0 Å². The molecular weight excluding hydrogens is 224 g/mol. The van der Waals surface area contributed by atoms with Gasteiger partial charge in [-0.3, -0.25) is 4.98 Å². The second kappa shape index (κ2) is 3.69. The van der Waals surface area contributed by atoms with Crippen LogP contribution in [0.5, 0.6) is 0 Å². The molecule has 2 aliphatic rings. The van der Waals surface area contributed by atoms with Crippen LogP contribution in [-0.4, -0.2) is 22.2 Å². The van der Waals surface area contributed by atoms with E-state index in [-0.39, 0.29) is 0 Å². The van der Waals surface area contributed by atoms with E-state index in [4.69, 9.17) is 11.6 Å². The van der Waals surface area contributed by atoms with Crippen LogP contribution in [0.4, 0.5) is 0 Å². The van der Waals surface area contributed by atoms with Crippen LogP contribution in [0.1, 0.15) is 31.2 Å². The smallest absolute Gasteiger partial charge is 0.0941 e. The van der Waals surface area contributed by atoms with E-state index in [0.29, 0.717) is 17.1 Å². The quantitative estimate of drug-likeness (QED) is 0.785. The van der Waals surface area contributed by atoms with Gasteiger partial charge >= 0.3 is 0 Å². The number of halogens is 1. The number of hydrogen-bond acceptors (Lipinski definition) is 3. The van der Waals surface area contributed by atoms with Gasteiger partial charge in [0.1, 0.15) is 0 Å². The van der Waals surface area contributed by atoms with E-state index in [2.05, 4.69) is 10.3 Å². The molecule has 0 aromatic carbocycles. The molecule has 4 heteroatoms. The normalized spacial score (nSPS) is 37.6. The highest BCUT2D eigenvalue weighted by Crippen LogP contribution is 2.42. The molecule has 3 nitrogen and oxygen atoms in total. The minimum Gasteiger partial charge on any atom is -0.385 e. The van der Waals surface area contributed by atoms with Crippen LogP contribution < -0.4 is 5.32 Å². The predicted octanol–water partition coefficient (Wildman–Crippen LogP) is 1.84. The fraction of sp³-hybridized carbons (Fsp3) is 0.583. The number of pyridine rings is 1. The zero-order valence-electron chi connectivity index (χ0n) is 8.99. The second-order valence-corrected chi connectivity index (χ2v) is 5.34. The molecule has 2 unspecified atom stereocenters. The molecule has 1 aromatic rings. The highest BCUT2D eigenvalue weighted by atomic mass is 35.5. The minimum absolute atomic E-state index is 0.438. The van der Waals surface area contributed by atoms with E-state index >= 15 is 0 Å². The van der Waals surface area contributed by atoms with E-state index in [1.807, 2.05) is 6.07 Å². The van der Waals surface area contributed by atoms with Crippen LogP contribution in [0.25, 0.3) is 0 Å². The Morgan fingerprint density at radius 1 is 1.38 bits per heavy atom. The van der Waals surface area contributed by atoms with E-state index in [0.717, 1.165) is 31.2 Å². The van der Waals surface area contributed by atoms with Crippen molar-refractivity contribution >= 4 is 11.6 Å². The van der Waals surface area contributed by atoms with Gasteiger partial charge in [0.05, 0.1) is 10.6 Å². The highest BCUT2D eigenvalue weighted by molar-refractivity contribution is 6.31. The van der Waals surface area contributed by atoms with Crippen molar-refractivity contribution in [3.63, 3.8) is 0 Å². The number of rotatable bonds is 1. The number of piperidine rings is 1. The maximum atomic E-state index is 10.8. The van der Waals surface area contributed by atoms with Crippen molar-refractivity contribution in [1.29, 1.82) is 0 Å². The van der Waals surface area contributed by atoms with Crippen LogP contribution in [0.15, 0.2) is 18.5 Å². The van der Waals surface area contributed by atoms with Crippen molar-refractivity contribution in [2.45, 2.75) is 43.4 Å². The number of aliphatic hydroxyl groups is 1. The average Bonchev–Trinajstić information content (AvgIpc) is 2.59. The third-order valence-corrected chi connectivity index (χ3v) is 4.08. The molecule has 0 aliphatic carbocycles. The van der Waals surface area contributed by atoms with Crippen LogP contribution >= 0.6 is 11.6 Å². The van der Waals surface area contributed by atoms with Crippen LogP contribution in [0, 0.1) is 0 Å². The molecule has 2 bridgehead atoms. The van der Waals surface area contributed by atoms with Gasteiger partial charge in [0.25, 0.3) is 0 Å². The minimum atomic E-state index is -0.767. The lowest BCUT2D eigenvalue weighted by molar-refractivity contribution is -0.0114. The van der Waals surface area contributed by atoms with Crippen molar-refractivity contribution in [2.24, 2.45) is 0 Å². The summed E-state index contributed by atoms with van der Waals surface area (Å²) in [5, 5.41) is 14.8. The summed E-state index contributed by atoms with van der Waals surface area (Å²) < 4.78 is 0. The summed E-state index contributed by atoms with van der Waals surface area (Å²) in [7, 11) is 0. The first-order valence-corrected chi connectivity index (χ1v) is 6.14. The monoisotopic (exact) mass is 238 g/mol. The number of hydrogen-bond donors (Lipinski definition) is 2. The van der Waals surface area contributed by atoms with Crippen molar-refractivity contribution in [2.75, 3.05) is 0 Å². The number of nitrogens with zero attached hydrogens (tertiary/aromatic N) is 1.